The Kier molecular flexibility index (Phi) is 7.29. The molecule has 1 unspecified atom stereocenters. The van der Waals surface area contributed by atoms with Gasteiger partial charge in [0.1, 0.15) is 12.1 Å². The molecule has 0 radical (unpaired) electrons. The van der Waals surface area contributed by atoms with E-state index in [1.807, 2.05) is 66.2 Å². The van der Waals surface area contributed by atoms with Crippen molar-refractivity contribution in [3.63, 3.8) is 0 Å². The summed E-state index contributed by atoms with van der Waals surface area (Å²) in [6.07, 6.45) is 4.17. The van der Waals surface area contributed by atoms with Gasteiger partial charge in [-0.3, -0.25) is 4.57 Å². The van der Waals surface area contributed by atoms with Crippen LogP contribution in [0.5, 0.6) is 0 Å². The molecule has 0 aromatic heterocycles. The van der Waals surface area contributed by atoms with Gasteiger partial charge in [-0.2, -0.15) is 0 Å². The molecule has 0 aliphatic carbocycles. The first-order chi connectivity index (χ1) is 16.2. The number of ether oxygens (including phenoxy) is 1. The zero-order valence-corrected chi connectivity index (χ0v) is 19.9. The lowest BCUT2D eigenvalue weighted by Crippen LogP contribution is -2.49. The van der Waals surface area contributed by atoms with Crippen molar-refractivity contribution in [2.24, 2.45) is 0 Å². The van der Waals surface area contributed by atoms with Crippen LogP contribution in [0.25, 0.3) is 0 Å². The van der Waals surface area contributed by atoms with E-state index in [2.05, 4.69) is 43.0 Å². The van der Waals surface area contributed by atoms with Gasteiger partial charge in [-0.1, -0.05) is 104 Å². The van der Waals surface area contributed by atoms with Crippen molar-refractivity contribution in [2.45, 2.75) is 18.9 Å². The number of hydrogen-bond donors (Lipinski definition) is 0. The lowest BCUT2D eigenvalue weighted by atomic mass is 9.77. The molecule has 0 spiro atoms. The summed E-state index contributed by atoms with van der Waals surface area (Å²) in [7, 11) is -3.56. The van der Waals surface area contributed by atoms with E-state index >= 15 is 0 Å². The van der Waals surface area contributed by atoms with Gasteiger partial charge in [-0.25, -0.2) is 4.67 Å². The SMILES string of the molecule is C=CCO/C(=C\C)P1(=O)OCCCN1C(c1ccccc1)(c1ccccc1)c1ccccc1. The summed E-state index contributed by atoms with van der Waals surface area (Å²) in [5.74, 6) is 0. The van der Waals surface area contributed by atoms with E-state index < -0.39 is 13.1 Å². The number of benzene rings is 3. The zero-order chi connectivity index (χ0) is 23.2. The van der Waals surface area contributed by atoms with E-state index in [4.69, 9.17) is 9.26 Å². The first kappa shape index (κ1) is 23.3. The van der Waals surface area contributed by atoms with Gasteiger partial charge in [0, 0.05) is 6.54 Å². The third kappa shape index (κ3) is 4.22. The van der Waals surface area contributed by atoms with E-state index in [0.29, 0.717) is 18.7 Å². The summed E-state index contributed by atoms with van der Waals surface area (Å²) in [6, 6.07) is 30.7. The fourth-order valence-corrected chi connectivity index (χ4v) is 7.20. The zero-order valence-electron chi connectivity index (χ0n) is 19.0. The second-order valence-electron chi connectivity index (χ2n) is 7.87. The van der Waals surface area contributed by atoms with E-state index in [0.717, 1.165) is 23.1 Å². The molecular formula is C28H30NO3P. The third-order valence-corrected chi connectivity index (χ3v) is 8.55. The maximum Gasteiger partial charge on any atom is 0.337 e. The summed E-state index contributed by atoms with van der Waals surface area (Å²) >= 11 is 0. The van der Waals surface area contributed by atoms with Crippen molar-refractivity contribution in [1.29, 1.82) is 0 Å². The van der Waals surface area contributed by atoms with Crippen molar-refractivity contribution < 1.29 is 13.8 Å². The number of rotatable bonds is 8. The minimum absolute atomic E-state index is 0.260. The summed E-state index contributed by atoms with van der Waals surface area (Å²) < 4.78 is 29.0. The summed E-state index contributed by atoms with van der Waals surface area (Å²) in [4.78, 5) is 0. The number of allylic oxidation sites excluding steroid dienone is 1. The summed E-state index contributed by atoms with van der Waals surface area (Å²) in [5, 5.41) is 0. The smallest absolute Gasteiger partial charge is 0.337 e. The minimum Gasteiger partial charge on any atom is -0.483 e. The predicted molar refractivity (Wildman–Crippen MR) is 134 cm³/mol. The third-order valence-electron chi connectivity index (χ3n) is 5.93. The van der Waals surface area contributed by atoms with Crippen LogP contribution < -0.4 is 0 Å². The van der Waals surface area contributed by atoms with Gasteiger partial charge in [0.25, 0.3) is 0 Å². The van der Waals surface area contributed by atoms with E-state index in [-0.39, 0.29) is 6.61 Å². The summed E-state index contributed by atoms with van der Waals surface area (Å²) in [5.41, 5.74) is 2.58. The molecule has 33 heavy (non-hydrogen) atoms. The highest BCUT2D eigenvalue weighted by atomic mass is 31.2. The van der Waals surface area contributed by atoms with Gasteiger partial charge in [0.15, 0.2) is 5.50 Å². The quantitative estimate of drug-likeness (QED) is 0.158. The Balaban J connectivity index is 2.06. The topological polar surface area (TPSA) is 38.8 Å². The Labute approximate surface area is 196 Å². The molecule has 0 saturated carbocycles. The summed E-state index contributed by atoms with van der Waals surface area (Å²) in [6.45, 7) is 6.85. The molecule has 0 amide bonds. The minimum atomic E-state index is -3.56. The highest BCUT2D eigenvalue weighted by Crippen LogP contribution is 2.66. The van der Waals surface area contributed by atoms with Crippen molar-refractivity contribution in [1.82, 2.24) is 4.67 Å². The van der Waals surface area contributed by atoms with Crippen LogP contribution in [0.3, 0.4) is 0 Å². The average Bonchev–Trinajstić information content (AvgIpc) is 2.88. The van der Waals surface area contributed by atoms with Gasteiger partial charge in [-0.15, -0.1) is 0 Å². The molecule has 3 aromatic carbocycles. The van der Waals surface area contributed by atoms with Crippen molar-refractivity contribution in [3.8, 4) is 0 Å². The van der Waals surface area contributed by atoms with Gasteiger partial charge in [0.2, 0.25) is 0 Å². The number of nitrogens with zero attached hydrogens (tertiary/aromatic N) is 1. The molecule has 5 heteroatoms. The maximum absolute atomic E-state index is 14.8. The lowest BCUT2D eigenvalue weighted by molar-refractivity contribution is 0.143. The second-order valence-corrected chi connectivity index (χ2v) is 10.1. The Hall–Kier alpha value is -2.91. The predicted octanol–water partition coefficient (Wildman–Crippen LogP) is 6.96. The normalized spacial score (nSPS) is 19.7. The lowest BCUT2D eigenvalue weighted by Gasteiger charge is -2.49. The fourth-order valence-electron chi connectivity index (χ4n) is 4.61. The standard InChI is InChI=1S/C28H30NO3P/c1-3-22-31-27(4-2)33(30)29(21-14-23-32-33)28(24-15-8-5-9-16-24,25-17-10-6-11-18-25)26-19-12-7-13-20-26/h3-13,15-20H,1,14,21-23H2,2H3/b27-4+. The van der Waals surface area contributed by atoms with Crippen molar-refractivity contribution in [3.05, 3.63) is 132 Å². The Morgan fingerprint density at radius 3 is 1.88 bits per heavy atom. The van der Waals surface area contributed by atoms with Gasteiger partial charge in [-0.05, 0) is 36.1 Å². The molecule has 0 N–H and O–H groups in total. The first-order valence-electron chi connectivity index (χ1n) is 11.3. The van der Waals surface area contributed by atoms with Crippen LogP contribution in [0.2, 0.25) is 0 Å². The molecule has 0 bridgehead atoms. The molecule has 1 fully saturated rings. The van der Waals surface area contributed by atoms with Gasteiger partial charge in [0.05, 0.1) is 6.61 Å². The number of hydrogen-bond acceptors (Lipinski definition) is 3. The molecule has 1 aliphatic heterocycles. The van der Waals surface area contributed by atoms with Crippen LogP contribution in [0.15, 0.2) is 115 Å². The van der Waals surface area contributed by atoms with Crippen LogP contribution in [0.4, 0.5) is 0 Å². The van der Waals surface area contributed by atoms with E-state index in [1.165, 1.54) is 0 Å². The molecule has 4 rings (SSSR count). The Bertz CT molecular complexity index is 1030. The average molecular weight is 460 g/mol. The highest BCUT2D eigenvalue weighted by molar-refractivity contribution is 7.60. The fraction of sp³-hybridized carbons (Fsp3) is 0.214. The molecule has 170 valence electrons. The Morgan fingerprint density at radius 2 is 1.45 bits per heavy atom. The van der Waals surface area contributed by atoms with Gasteiger partial charge >= 0.3 is 7.52 Å². The molecule has 1 atom stereocenters. The first-order valence-corrected chi connectivity index (χ1v) is 12.9. The molecule has 1 heterocycles. The van der Waals surface area contributed by atoms with Crippen molar-refractivity contribution >= 4 is 7.52 Å². The molecular weight excluding hydrogens is 429 g/mol. The molecule has 1 saturated heterocycles. The molecule has 3 aromatic rings. The Morgan fingerprint density at radius 1 is 0.970 bits per heavy atom. The van der Waals surface area contributed by atoms with E-state index in [9.17, 15) is 4.57 Å². The van der Waals surface area contributed by atoms with Gasteiger partial charge < -0.3 is 9.26 Å². The van der Waals surface area contributed by atoms with Crippen LogP contribution >= 0.6 is 7.52 Å². The van der Waals surface area contributed by atoms with Crippen LogP contribution in [0.1, 0.15) is 30.0 Å². The second kappa shape index (κ2) is 10.4. The van der Waals surface area contributed by atoms with Crippen LogP contribution in [-0.2, 0) is 19.4 Å². The molecule has 4 nitrogen and oxygen atoms in total. The highest BCUT2D eigenvalue weighted by Gasteiger charge is 2.54. The van der Waals surface area contributed by atoms with Crippen LogP contribution in [-0.4, -0.2) is 24.4 Å². The van der Waals surface area contributed by atoms with Crippen LogP contribution in [0, 0.1) is 0 Å². The maximum atomic E-state index is 14.8. The molecule has 1 aliphatic rings. The van der Waals surface area contributed by atoms with E-state index in [1.54, 1.807) is 12.2 Å². The van der Waals surface area contributed by atoms with Crippen molar-refractivity contribution in [2.75, 3.05) is 19.8 Å². The monoisotopic (exact) mass is 459 g/mol. The largest absolute Gasteiger partial charge is 0.483 e.